The molecule has 0 saturated heterocycles. The predicted octanol–water partition coefficient (Wildman–Crippen LogP) is 1.32. The van der Waals surface area contributed by atoms with Crippen molar-refractivity contribution in [2.45, 2.75) is 26.9 Å². The zero-order valence-electron chi connectivity index (χ0n) is 11.2. The average Bonchev–Trinajstić information content (AvgIpc) is 2.36. The van der Waals surface area contributed by atoms with Gasteiger partial charge in [0.05, 0.1) is 11.8 Å². The molecule has 1 atom stereocenters. The molecule has 0 saturated carbocycles. The largest absolute Gasteiger partial charge is 0.479 e. The van der Waals surface area contributed by atoms with Gasteiger partial charge in [-0.1, -0.05) is 13.8 Å². The highest BCUT2D eigenvalue weighted by atomic mass is 16.5. The summed E-state index contributed by atoms with van der Waals surface area (Å²) >= 11 is 0. The van der Waals surface area contributed by atoms with Crippen LogP contribution in [0.1, 0.15) is 31.1 Å². The second-order valence-electron chi connectivity index (χ2n) is 4.61. The van der Waals surface area contributed by atoms with Crippen molar-refractivity contribution in [3.8, 4) is 5.75 Å². The van der Waals surface area contributed by atoms with Crippen LogP contribution < -0.4 is 10.1 Å². The molecule has 2 N–H and O–H groups in total. The Balaban J connectivity index is 2.61. The second kappa shape index (κ2) is 6.72. The molecule has 0 fully saturated rings. The summed E-state index contributed by atoms with van der Waals surface area (Å²) < 4.78 is 5.36. The van der Waals surface area contributed by atoms with Gasteiger partial charge in [0.2, 0.25) is 0 Å². The molecule has 1 heterocycles. The third-order valence-electron chi connectivity index (χ3n) is 2.33. The molecule has 1 rings (SSSR count). The number of carboxylic acid groups (broad SMARTS) is 1. The molecule has 1 unspecified atom stereocenters. The molecular weight excluding hydrogens is 248 g/mol. The van der Waals surface area contributed by atoms with Gasteiger partial charge in [-0.15, -0.1) is 0 Å². The lowest BCUT2D eigenvalue weighted by Crippen LogP contribution is -2.38. The summed E-state index contributed by atoms with van der Waals surface area (Å²) in [4.78, 5) is 26.2. The van der Waals surface area contributed by atoms with E-state index in [-0.39, 0.29) is 17.2 Å². The van der Waals surface area contributed by atoms with E-state index in [2.05, 4.69) is 10.3 Å². The predicted molar refractivity (Wildman–Crippen MR) is 69.1 cm³/mol. The number of pyridine rings is 1. The number of aromatic carboxylic acids is 1. The van der Waals surface area contributed by atoms with Crippen LogP contribution in [0.2, 0.25) is 0 Å². The monoisotopic (exact) mass is 266 g/mol. The Bertz CT molecular complexity index is 460. The molecule has 19 heavy (non-hydrogen) atoms. The van der Waals surface area contributed by atoms with E-state index in [9.17, 15) is 9.59 Å². The zero-order valence-corrected chi connectivity index (χ0v) is 11.2. The minimum atomic E-state index is -1.09. The van der Waals surface area contributed by atoms with E-state index in [4.69, 9.17) is 9.84 Å². The Labute approximate surface area is 111 Å². The van der Waals surface area contributed by atoms with E-state index >= 15 is 0 Å². The first-order valence-electron chi connectivity index (χ1n) is 6.03. The lowest BCUT2D eigenvalue weighted by atomic mass is 10.2. The van der Waals surface area contributed by atoms with Crippen molar-refractivity contribution in [3.05, 3.63) is 24.0 Å². The molecule has 1 aromatic rings. The Morgan fingerprint density at radius 3 is 2.63 bits per heavy atom. The molecule has 1 amide bonds. The molecule has 0 aliphatic heterocycles. The molecule has 0 bridgehead atoms. The smallest absolute Gasteiger partial charge is 0.337 e. The summed E-state index contributed by atoms with van der Waals surface area (Å²) in [5.74, 6) is -0.718. The zero-order chi connectivity index (χ0) is 14.4. The second-order valence-corrected chi connectivity index (χ2v) is 4.61. The topological polar surface area (TPSA) is 88.5 Å². The Morgan fingerprint density at radius 2 is 2.05 bits per heavy atom. The van der Waals surface area contributed by atoms with Crippen molar-refractivity contribution in [2.75, 3.05) is 6.54 Å². The van der Waals surface area contributed by atoms with Gasteiger partial charge in [0.25, 0.3) is 5.91 Å². The molecule has 0 aliphatic carbocycles. The van der Waals surface area contributed by atoms with Crippen LogP contribution in [-0.2, 0) is 4.79 Å². The van der Waals surface area contributed by atoms with E-state index < -0.39 is 12.1 Å². The van der Waals surface area contributed by atoms with Crippen molar-refractivity contribution in [1.29, 1.82) is 0 Å². The maximum atomic E-state index is 11.7. The van der Waals surface area contributed by atoms with E-state index in [1.165, 1.54) is 18.5 Å². The highest BCUT2D eigenvalue weighted by Crippen LogP contribution is 2.13. The average molecular weight is 266 g/mol. The molecule has 1 aromatic heterocycles. The number of nitrogens with zero attached hydrogens (tertiary/aromatic N) is 1. The lowest BCUT2D eigenvalue weighted by molar-refractivity contribution is -0.127. The maximum Gasteiger partial charge on any atom is 0.337 e. The van der Waals surface area contributed by atoms with Gasteiger partial charge >= 0.3 is 5.97 Å². The summed E-state index contributed by atoms with van der Waals surface area (Å²) in [5, 5.41) is 11.6. The van der Waals surface area contributed by atoms with E-state index in [0.29, 0.717) is 12.5 Å². The molecule has 0 radical (unpaired) electrons. The number of amides is 1. The van der Waals surface area contributed by atoms with Crippen molar-refractivity contribution in [2.24, 2.45) is 5.92 Å². The van der Waals surface area contributed by atoms with E-state index in [1.54, 1.807) is 6.92 Å². The number of hydrogen-bond donors (Lipinski definition) is 2. The van der Waals surface area contributed by atoms with E-state index in [0.717, 1.165) is 0 Å². The Hall–Kier alpha value is -2.11. The molecule has 6 heteroatoms. The highest BCUT2D eigenvalue weighted by Gasteiger charge is 2.15. The minimum absolute atomic E-state index is 0.0206. The minimum Gasteiger partial charge on any atom is -0.479 e. The number of hydrogen-bond acceptors (Lipinski definition) is 4. The fourth-order valence-electron chi connectivity index (χ4n) is 1.31. The van der Waals surface area contributed by atoms with Gasteiger partial charge in [-0.2, -0.15) is 0 Å². The van der Waals surface area contributed by atoms with Crippen LogP contribution in [0.15, 0.2) is 18.5 Å². The van der Waals surface area contributed by atoms with Gasteiger partial charge in [-0.3, -0.25) is 9.78 Å². The molecule has 0 aromatic carbocycles. The van der Waals surface area contributed by atoms with Gasteiger partial charge in [0.15, 0.2) is 6.10 Å². The van der Waals surface area contributed by atoms with Crippen molar-refractivity contribution in [3.63, 3.8) is 0 Å². The Morgan fingerprint density at radius 1 is 1.37 bits per heavy atom. The van der Waals surface area contributed by atoms with Crippen LogP contribution in [0.4, 0.5) is 0 Å². The fraction of sp³-hybridized carbons (Fsp3) is 0.462. The number of rotatable bonds is 6. The number of carbonyl (C=O) groups is 2. The molecule has 0 spiro atoms. The molecule has 6 nitrogen and oxygen atoms in total. The van der Waals surface area contributed by atoms with Crippen LogP contribution in [0.5, 0.6) is 5.75 Å². The molecular formula is C13H18N2O4. The molecule has 0 aliphatic rings. The number of ether oxygens (including phenoxy) is 1. The SMILES string of the molecule is CC(C)CNC(=O)C(C)Oc1cncc(C(=O)O)c1. The number of nitrogens with one attached hydrogen (secondary N) is 1. The summed E-state index contributed by atoms with van der Waals surface area (Å²) in [5.41, 5.74) is 0.0206. The van der Waals surface area contributed by atoms with Crippen LogP contribution in [-0.4, -0.2) is 34.6 Å². The third-order valence-corrected chi connectivity index (χ3v) is 2.33. The van der Waals surface area contributed by atoms with Gasteiger partial charge in [0.1, 0.15) is 5.75 Å². The maximum absolute atomic E-state index is 11.7. The van der Waals surface area contributed by atoms with Gasteiger partial charge in [-0.25, -0.2) is 4.79 Å². The van der Waals surface area contributed by atoms with Gasteiger partial charge in [-0.05, 0) is 18.9 Å². The quantitative estimate of drug-likeness (QED) is 0.810. The first-order chi connectivity index (χ1) is 8.90. The third kappa shape index (κ3) is 4.95. The first kappa shape index (κ1) is 14.9. The summed E-state index contributed by atoms with van der Waals surface area (Å²) in [7, 11) is 0. The van der Waals surface area contributed by atoms with Crippen LogP contribution in [0, 0.1) is 5.92 Å². The summed E-state index contributed by atoms with van der Waals surface area (Å²) in [6.07, 6.45) is 1.89. The van der Waals surface area contributed by atoms with Gasteiger partial charge < -0.3 is 15.2 Å². The standard InChI is InChI=1S/C13H18N2O4/c1-8(2)5-15-12(16)9(3)19-11-4-10(13(17)18)6-14-7-11/h4,6-9H,5H2,1-3H3,(H,15,16)(H,17,18). The van der Waals surface area contributed by atoms with Crippen molar-refractivity contribution < 1.29 is 19.4 Å². The normalized spacial score (nSPS) is 12.0. The fourth-order valence-corrected chi connectivity index (χ4v) is 1.31. The number of aromatic nitrogens is 1. The van der Waals surface area contributed by atoms with Crippen LogP contribution >= 0.6 is 0 Å². The number of carbonyl (C=O) groups excluding carboxylic acids is 1. The highest BCUT2D eigenvalue weighted by molar-refractivity contribution is 5.87. The Kier molecular flexibility index (Phi) is 5.29. The summed E-state index contributed by atoms with van der Waals surface area (Å²) in [6, 6.07) is 1.33. The van der Waals surface area contributed by atoms with Crippen molar-refractivity contribution >= 4 is 11.9 Å². The first-order valence-corrected chi connectivity index (χ1v) is 6.03. The molecule has 104 valence electrons. The van der Waals surface area contributed by atoms with Crippen molar-refractivity contribution in [1.82, 2.24) is 10.3 Å². The number of carboxylic acids is 1. The van der Waals surface area contributed by atoms with Crippen LogP contribution in [0.25, 0.3) is 0 Å². The van der Waals surface area contributed by atoms with Gasteiger partial charge in [0, 0.05) is 12.7 Å². The van der Waals surface area contributed by atoms with E-state index in [1.807, 2.05) is 13.8 Å². The summed E-state index contributed by atoms with van der Waals surface area (Å²) in [6.45, 7) is 6.15. The van der Waals surface area contributed by atoms with Crippen LogP contribution in [0.3, 0.4) is 0 Å². The lowest BCUT2D eigenvalue weighted by Gasteiger charge is -2.15.